The standard InChI is InChI=1S/C19H18F4N4O.HI/c1-2-25-18(26-11-14-8-7-13(10-24)9-16(14)20)27-12-15-5-3-4-6-17(15)28-19(21,22)23;/h3-9H,2,11-12H2,1H3,(H2,25,26,27);1H. The number of halogens is 5. The number of rotatable bonds is 6. The van der Waals surface area contributed by atoms with Crippen LogP contribution in [0, 0.1) is 17.1 Å². The number of ether oxygens (including phenoxy) is 1. The Kier molecular flexibility index (Phi) is 9.67. The normalized spacial score (nSPS) is 11.2. The highest BCUT2D eigenvalue weighted by atomic mass is 127. The van der Waals surface area contributed by atoms with E-state index in [1.165, 1.54) is 30.3 Å². The summed E-state index contributed by atoms with van der Waals surface area (Å²) in [5, 5.41) is 14.6. The Morgan fingerprint density at radius 3 is 2.48 bits per heavy atom. The number of aliphatic imine (C=N–C) groups is 1. The van der Waals surface area contributed by atoms with E-state index < -0.39 is 12.2 Å². The molecule has 0 radical (unpaired) electrons. The molecule has 2 aromatic rings. The van der Waals surface area contributed by atoms with Gasteiger partial charge in [0.2, 0.25) is 0 Å². The summed E-state index contributed by atoms with van der Waals surface area (Å²) in [4.78, 5) is 4.23. The van der Waals surface area contributed by atoms with Crippen LogP contribution in [0.2, 0.25) is 0 Å². The number of nitriles is 1. The molecule has 0 unspecified atom stereocenters. The molecular weight excluding hydrogens is 503 g/mol. The van der Waals surface area contributed by atoms with Gasteiger partial charge in [-0.15, -0.1) is 37.1 Å². The maximum absolute atomic E-state index is 14.0. The number of hydrogen-bond donors (Lipinski definition) is 2. The summed E-state index contributed by atoms with van der Waals surface area (Å²) in [5.74, 6) is -0.563. The van der Waals surface area contributed by atoms with Gasteiger partial charge in [-0.1, -0.05) is 24.3 Å². The molecule has 29 heavy (non-hydrogen) atoms. The van der Waals surface area contributed by atoms with Gasteiger partial charge < -0.3 is 15.4 Å². The maximum atomic E-state index is 14.0. The van der Waals surface area contributed by atoms with E-state index >= 15 is 0 Å². The topological polar surface area (TPSA) is 69.4 Å². The van der Waals surface area contributed by atoms with Crippen molar-refractivity contribution >= 4 is 29.9 Å². The fraction of sp³-hybridized carbons (Fsp3) is 0.263. The van der Waals surface area contributed by atoms with Gasteiger partial charge in [-0.3, -0.25) is 0 Å². The van der Waals surface area contributed by atoms with Gasteiger partial charge in [0.1, 0.15) is 11.6 Å². The molecule has 0 aliphatic heterocycles. The molecule has 156 valence electrons. The molecule has 2 rings (SSSR count). The Hall–Kier alpha value is -2.55. The molecule has 0 amide bonds. The van der Waals surface area contributed by atoms with Crippen LogP contribution in [-0.4, -0.2) is 18.9 Å². The largest absolute Gasteiger partial charge is 0.573 e. The molecule has 0 spiro atoms. The number of benzene rings is 2. The zero-order valence-electron chi connectivity index (χ0n) is 15.4. The average Bonchev–Trinajstić information content (AvgIpc) is 2.64. The molecule has 0 saturated carbocycles. The van der Waals surface area contributed by atoms with Crippen molar-refractivity contribution in [3.05, 3.63) is 65.0 Å². The lowest BCUT2D eigenvalue weighted by Crippen LogP contribution is -2.37. The van der Waals surface area contributed by atoms with E-state index in [2.05, 4.69) is 20.4 Å². The van der Waals surface area contributed by atoms with Gasteiger partial charge in [-0.2, -0.15) is 5.26 Å². The van der Waals surface area contributed by atoms with Gasteiger partial charge in [0.15, 0.2) is 5.96 Å². The van der Waals surface area contributed by atoms with Gasteiger partial charge in [0.25, 0.3) is 0 Å². The Morgan fingerprint density at radius 2 is 1.86 bits per heavy atom. The highest BCUT2D eigenvalue weighted by molar-refractivity contribution is 14.0. The van der Waals surface area contributed by atoms with Crippen LogP contribution < -0.4 is 15.4 Å². The fourth-order valence-corrected chi connectivity index (χ4v) is 2.30. The molecule has 0 aliphatic carbocycles. The Balaban J connectivity index is 0.00000420. The third-order valence-corrected chi connectivity index (χ3v) is 3.58. The van der Waals surface area contributed by atoms with E-state index in [1.54, 1.807) is 6.07 Å². The molecule has 0 atom stereocenters. The quantitative estimate of drug-likeness (QED) is 0.254. The number of para-hydroxylation sites is 1. The van der Waals surface area contributed by atoms with E-state index in [9.17, 15) is 17.6 Å². The summed E-state index contributed by atoms with van der Waals surface area (Å²) in [5.41, 5.74) is 0.787. The molecule has 10 heteroatoms. The van der Waals surface area contributed by atoms with Gasteiger partial charge in [0.05, 0.1) is 18.2 Å². The first-order valence-corrected chi connectivity index (χ1v) is 8.36. The smallest absolute Gasteiger partial charge is 0.405 e. The molecule has 0 heterocycles. The van der Waals surface area contributed by atoms with Crippen molar-refractivity contribution in [3.63, 3.8) is 0 Å². The zero-order valence-corrected chi connectivity index (χ0v) is 17.7. The molecular formula is C19H19F4IN4O. The summed E-state index contributed by atoms with van der Waals surface area (Å²) < 4.78 is 55.5. The van der Waals surface area contributed by atoms with Gasteiger partial charge in [-0.05, 0) is 25.1 Å². The second-order valence-corrected chi connectivity index (χ2v) is 5.62. The Bertz CT molecular complexity index is 881. The molecule has 2 N–H and O–H groups in total. The predicted molar refractivity (Wildman–Crippen MR) is 111 cm³/mol. The monoisotopic (exact) mass is 522 g/mol. The number of alkyl halides is 3. The van der Waals surface area contributed by atoms with Crippen molar-refractivity contribution in [1.29, 1.82) is 5.26 Å². The van der Waals surface area contributed by atoms with Gasteiger partial charge >= 0.3 is 6.36 Å². The second kappa shape index (κ2) is 11.5. The fourth-order valence-electron chi connectivity index (χ4n) is 2.30. The summed E-state index contributed by atoms with van der Waals surface area (Å²) >= 11 is 0. The van der Waals surface area contributed by atoms with Crippen LogP contribution in [0.25, 0.3) is 0 Å². The van der Waals surface area contributed by atoms with E-state index in [1.807, 2.05) is 13.0 Å². The van der Waals surface area contributed by atoms with Crippen molar-refractivity contribution in [3.8, 4) is 11.8 Å². The summed E-state index contributed by atoms with van der Waals surface area (Å²) in [6.07, 6.45) is -4.80. The lowest BCUT2D eigenvalue weighted by molar-refractivity contribution is -0.274. The first kappa shape index (κ1) is 24.5. The van der Waals surface area contributed by atoms with Crippen molar-refractivity contribution in [1.82, 2.24) is 10.6 Å². The molecule has 2 aromatic carbocycles. The first-order valence-electron chi connectivity index (χ1n) is 8.36. The van der Waals surface area contributed by atoms with Crippen molar-refractivity contribution in [2.75, 3.05) is 6.54 Å². The molecule has 0 aromatic heterocycles. The minimum absolute atomic E-state index is 0. The SMILES string of the molecule is CCNC(=NCc1ccccc1OC(F)(F)F)NCc1ccc(C#N)cc1F.I. The highest BCUT2D eigenvalue weighted by Crippen LogP contribution is 2.26. The molecule has 0 fully saturated rings. The molecule has 0 aliphatic rings. The van der Waals surface area contributed by atoms with E-state index in [0.29, 0.717) is 18.1 Å². The van der Waals surface area contributed by atoms with Crippen LogP contribution in [0.4, 0.5) is 17.6 Å². The number of nitrogens with one attached hydrogen (secondary N) is 2. The third kappa shape index (κ3) is 8.15. The van der Waals surface area contributed by atoms with Crippen molar-refractivity contribution in [2.24, 2.45) is 4.99 Å². The molecule has 0 bridgehead atoms. The average molecular weight is 522 g/mol. The minimum Gasteiger partial charge on any atom is -0.405 e. The van der Waals surface area contributed by atoms with Crippen molar-refractivity contribution in [2.45, 2.75) is 26.4 Å². The summed E-state index contributed by atoms with van der Waals surface area (Å²) in [6.45, 7) is 2.34. The molecule has 0 saturated heterocycles. The van der Waals surface area contributed by atoms with Gasteiger partial charge in [-0.25, -0.2) is 9.38 Å². The predicted octanol–water partition coefficient (Wildman–Crippen LogP) is 4.47. The Morgan fingerprint density at radius 1 is 1.14 bits per heavy atom. The van der Waals surface area contributed by atoms with E-state index in [0.717, 1.165) is 6.07 Å². The van der Waals surface area contributed by atoms with Crippen molar-refractivity contribution < 1.29 is 22.3 Å². The van der Waals surface area contributed by atoms with Gasteiger partial charge in [0, 0.05) is 24.2 Å². The van der Waals surface area contributed by atoms with Crippen LogP contribution in [0.3, 0.4) is 0 Å². The Labute approximate surface area is 182 Å². The minimum atomic E-state index is -4.80. The number of hydrogen-bond acceptors (Lipinski definition) is 3. The third-order valence-electron chi connectivity index (χ3n) is 3.58. The lowest BCUT2D eigenvalue weighted by Gasteiger charge is -2.14. The van der Waals surface area contributed by atoms with Crippen LogP contribution in [0.5, 0.6) is 5.75 Å². The first-order chi connectivity index (χ1) is 13.3. The second-order valence-electron chi connectivity index (χ2n) is 5.62. The van der Waals surface area contributed by atoms with E-state index in [4.69, 9.17) is 5.26 Å². The number of nitrogens with zero attached hydrogens (tertiary/aromatic N) is 2. The zero-order chi connectivity index (χ0) is 20.6. The van der Waals surface area contributed by atoms with Crippen LogP contribution >= 0.6 is 24.0 Å². The van der Waals surface area contributed by atoms with Crippen LogP contribution in [0.15, 0.2) is 47.5 Å². The van der Waals surface area contributed by atoms with Crippen LogP contribution in [0.1, 0.15) is 23.6 Å². The maximum Gasteiger partial charge on any atom is 0.573 e. The lowest BCUT2D eigenvalue weighted by atomic mass is 10.1. The number of guanidine groups is 1. The summed E-state index contributed by atoms with van der Waals surface area (Å²) in [7, 11) is 0. The summed E-state index contributed by atoms with van der Waals surface area (Å²) in [6, 6.07) is 11.7. The van der Waals surface area contributed by atoms with Crippen LogP contribution in [-0.2, 0) is 13.1 Å². The molecule has 5 nitrogen and oxygen atoms in total. The van der Waals surface area contributed by atoms with E-state index in [-0.39, 0.29) is 53.9 Å². The highest BCUT2D eigenvalue weighted by Gasteiger charge is 2.31.